The standard InChI is InChI=1S/C31H36N6O6/c1-3-34(18-20-10-12-35(13-11-20)28-9-5-21(17-32-28)37(41)42)22-14-24(15-22)43-23-6-7-25-26(16-23)31(40)36(30(25)39)27-8-4-19(2)33-29(27)38/h5-7,9,16-17,20,22,24,27H,2-4,8,10-15,18H2,1H3,(H,33,38). The number of ether oxygens (including phenoxy) is 1. The van der Waals surface area contributed by atoms with Crippen LogP contribution in [0.5, 0.6) is 5.75 Å². The number of fused-ring (bicyclic) bond motifs is 1. The number of benzene rings is 1. The minimum atomic E-state index is -0.832. The second-order valence-corrected chi connectivity index (χ2v) is 11.8. The topological polar surface area (TPSA) is 138 Å². The summed E-state index contributed by atoms with van der Waals surface area (Å²) in [5.41, 5.74) is 1.18. The third-order valence-corrected chi connectivity index (χ3v) is 9.19. The molecule has 2 aromatic rings. The number of carbonyl (C=O) groups is 3. The molecule has 43 heavy (non-hydrogen) atoms. The molecule has 0 bridgehead atoms. The zero-order chi connectivity index (χ0) is 30.2. The third kappa shape index (κ3) is 5.71. The lowest BCUT2D eigenvalue weighted by atomic mass is 9.86. The molecule has 1 saturated carbocycles. The number of nitrogens with one attached hydrogen (secondary N) is 1. The normalized spacial score (nSPS) is 24.2. The Morgan fingerprint density at radius 2 is 1.84 bits per heavy atom. The van der Waals surface area contributed by atoms with Crippen LogP contribution in [0.15, 0.2) is 48.8 Å². The summed E-state index contributed by atoms with van der Waals surface area (Å²) in [6, 6.07) is 7.81. The van der Waals surface area contributed by atoms with Crippen molar-refractivity contribution in [3.63, 3.8) is 0 Å². The summed E-state index contributed by atoms with van der Waals surface area (Å²) in [6.45, 7) is 9.67. The second kappa shape index (κ2) is 11.8. The van der Waals surface area contributed by atoms with Crippen molar-refractivity contribution < 1.29 is 24.0 Å². The monoisotopic (exact) mass is 588 g/mol. The van der Waals surface area contributed by atoms with Gasteiger partial charge in [-0.3, -0.25) is 29.4 Å². The van der Waals surface area contributed by atoms with E-state index in [9.17, 15) is 24.5 Å². The van der Waals surface area contributed by atoms with E-state index in [-0.39, 0.29) is 23.3 Å². The summed E-state index contributed by atoms with van der Waals surface area (Å²) in [5, 5.41) is 13.6. The summed E-state index contributed by atoms with van der Waals surface area (Å²) in [5.74, 6) is 0.624. The first-order valence-corrected chi connectivity index (χ1v) is 15.0. The van der Waals surface area contributed by atoms with Gasteiger partial charge in [-0.25, -0.2) is 4.98 Å². The number of imide groups is 1. The van der Waals surface area contributed by atoms with Gasteiger partial charge >= 0.3 is 0 Å². The van der Waals surface area contributed by atoms with Gasteiger partial charge in [-0.1, -0.05) is 13.5 Å². The number of carbonyl (C=O) groups excluding carboxylic acids is 3. The first kappa shape index (κ1) is 28.8. The number of aromatic nitrogens is 1. The predicted molar refractivity (Wildman–Crippen MR) is 158 cm³/mol. The molecule has 1 atom stereocenters. The van der Waals surface area contributed by atoms with Crippen molar-refractivity contribution >= 4 is 29.2 Å². The smallest absolute Gasteiger partial charge is 0.287 e. The summed E-state index contributed by atoms with van der Waals surface area (Å²) < 4.78 is 6.22. The first-order valence-electron chi connectivity index (χ1n) is 15.0. The van der Waals surface area contributed by atoms with Crippen LogP contribution in [-0.4, -0.2) is 81.8 Å². The zero-order valence-corrected chi connectivity index (χ0v) is 24.2. The molecule has 1 aromatic carbocycles. The number of nitrogens with zero attached hydrogens (tertiary/aromatic N) is 5. The van der Waals surface area contributed by atoms with Crippen LogP contribution in [0.2, 0.25) is 0 Å². The lowest BCUT2D eigenvalue weighted by molar-refractivity contribution is -0.385. The van der Waals surface area contributed by atoms with E-state index in [1.54, 1.807) is 24.3 Å². The van der Waals surface area contributed by atoms with Crippen LogP contribution in [0.25, 0.3) is 0 Å². The maximum atomic E-state index is 13.2. The fourth-order valence-electron chi connectivity index (χ4n) is 6.61. The van der Waals surface area contributed by atoms with Gasteiger partial charge in [0.2, 0.25) is 5.91 Å². The molecular formula is C31H36N6O6. The Hall–Kier alpha value is -4.32. The van der Waals surface area contributed by atoms with Crippen LogP contribution < -0.4 is 15.0 Å². The van der Waals surface area contributed by atoms with Crippen molar-refractivity contribution in [2.75, 3.05) is 31.1 Å². The van der Waals surface area contributed by atoms with Gasteiger partial charge in [0.05, 0.1) is 16.1 Å². The SMILES string of the molecule is C=C1CCC(N2C(=O)c3ccc(OC4CC(N(CC)CC5CCN(c6ccc([N+](=O)[O-])cn6)CC5)C4)cc3C2=O)C(=O)N1. The molecule has 2 saturated heterocycles. The maximum Gasteiger partial charge on any atom is 0.287 e. The molecule has 0 radical (unpaired) electrons. The molecule has 3 amide bonds. The summed E-state index contributed by atoms with van der Waals surface area (Å²) in [4.78, 5) is 59.2. The highest BCUT2D eigenvalue weighted by Gasteiger charge is 2.44. The lowest BCUT2D eigenvalue weighted by Crippen LogP contribution is -2.51. The number of nitro groups is 1. The van der Waals surface area contributed by atoms with Crippen molar-refractivity contribution in [1.82, 2.24) is 20.1 Å². The number of allylic oxidation sites excluding steroid dienone is 1. The van der Waals surface area contributed by atoms with Crippen molar-refractivity contribution in [2.45, 2.75) is 63.6 Å². The van der Waals surface area contributed by atoms with Crippen molar-refractivity contribution in [3.8, 4) is 5.75 Å². The van der Waals surface area contributed by atoms with Gasteiger partial charge in [0.1, 0.15) is 29.9 Å². The van der Waals surface area contributed by atoms with Crippen molar-refractivity contribution in [3.05, 3.63) is 70.0 Å². The van der Waals surface area contributed by atoms with E-state index in [1.807, 2.05) is 0 Å². The zero-order valence-electron chi connectivity index (χ0n) is 24.2. The van der Waals surface area contributed by atoms with Gasteiger partial charge in [-0.05, 0) is 62.4 Å². The number of amides is 3. The molecule has 12 nitrogen and oxygen atoms in total. The number of hydrogen-bond acceptors (Lipinski definition) is 9. The van der Waals surface area contributed by atoms with Crippen LogP contribution in [0.3, 0.4) is 0 Å². The van der Waals surface area contributed by atoms with E-state index in [0.717, 1.165) is 62.6 Å². The van der Waals surface area contributed by atoms with Crippen LogP contribution in [0, 0.1) is 16.0 Å². The number of hydrogen-bond donors (Lipinski definition) is 1. The number of pyridine rings is 1. The molecule has 12 heteroatoms. The minimum Gasteiger partial charge on any atom is -0.490 e. The molecule has 6 rings (SSSR count). The molecule has 3 fully saturated rings. The Balaban J connectivity index is 0.989. The molecule has 3 aliphatic heterocycles. The Morgan fingerprint density at radius 1 is 1.09 bits per heavy atom. The van der Waals surface area contributed by atoms with Gasteiger partial charge in [-0.2, -0.15) is 0 Å². The second-order valence-electron chi connectivity index (χ2n) is 11.8. The molecule has 4 heterocycles. The molecule has 0 spiro atoms. The van der Waals surface area contributed by atoms with Crippen LogP contribution in [0.1, 0.15) is 66.2 Å². The van der Waals surface area contributed by atoms with Gasteiger partial charge in [0.25, 0.3) is 17.5 Å². The average Bonchev–Trinajstić information content (AvgIpc) is 3.23. The highest BCUT2D eigenvalue weighted by atomic mass is 16.6. The van der Waals surface area contributed by atoms with E-state index in [4.69, 9.17) is 4.74 Å². The molecule has 1 N–H and O–H groups in total. The Morgan fingerprint density at radius 3 is 2.49 bits per heavy atom. The fourth-order valence-corrected chi connectivity index (χ4v) is 6.61. The Kier molecular flexibility index (Phi) is 7.87. The molecule has 1 aromatic heterocycles. The van der Waals surface area contributed by atoms with Crippen molar-refractivity contribution in [1.29, 1.82) is 0 Å². The van der Waals surface area contributed by atoms with E-state index in [1.165, 1.54) is 12.3 Å². The summed E-state index contributed by atoms with van der Waals surface area (Å²) in [6.07, 6.45) is 6.10. The average molecular weight is 589 g/mol. The first-order chi connectivity index (χ1) is 20.7. The van der Waals surface area contributed by atoms with Crippen LogP contribution in [-0.2, 0) is 4.79 Å². The van der Waals surface area contributed by atoms with E-state index < -0.39 is 22.8 Å². The summed E-state index contributed by atoms with van der Waals surface area (Å²) >= 11 is 0. The number of anilines is 1. The van der Waals surface area contributed by atoms with E-state index in [2.05, 4.69) is 33.6 Å². The quantitative estimate of drug-likeness (QED) is 0.265. The maximum absolute atomic E-state index is 13.2. The molecule has 1 aliphatic carbocycles. The molecule has 4 aliphatic rings. The van der Waals surface area contributed by atoms with Crippen LogP contribution in [0.4, 0.5) is 11.5 Å². The predicted octanol–water partition coefficient (Wildman–Crippen LogP) is 3.53. The molecular weight excluding hydrogens is 552 g/mol. The van der Waals surface area contributed by atoms with E-state index in [0.29, 0.717) is 41.8 Å². The lowest BCUT2D eigenvalue weighted by Gasteiger charge is -2.44. The largest absolute Gasteiger partial charge is 0.490 e. The number of piperidine rings is 2. The van der Waals surface area contributed by atoms with Gasteiger partial charge in [0.15, 0.2) is 0 Å². The molecule has 1 unspecified atom stereocenters. The summed E-state index contributed by atoms with van der Waals surface area (Å²) in [7, 11) is 0. The van der Waals surface area contributed by atoms with Gasteiger partial charge in [-0.15, -0.1) is 0 Å². The van der Waals surface area contributed by atoms with Gasteiger partial charge < -0.3 is 19.9 Å². The van der Waals surface area contributed by atoms with E-state index >= 15 is 0 Å². The molecule has 226 valence electrons. The van der Waals surface area contributed by atoms with Crippen molar-refractivity contribution in [2.24, 2.45) is 5.92 Å². The highest BCUT2D eigenvalue weighted by molar-refractivity contribution is 6.23. The number of rotatable bonds is 9. The fraction of sp³-hybridized carbons (Fsp3) is 0.484. The van der Waals surface area contributed by atoms with Gasteiger partial charge in [0, 0.05) is 50.3 Å². The minimum absolute atomic E-state index is 0.00342. The highest BCUT2D eigenvalue weighted by Crippen LogP contribution is 2.35. The Labute approximate surface area is 249 Å². The van der Waals surface area contributed by atoms with Crippen LogP contribution >= 0.6 is 0 Å². The Bertz CT molecular complexity index is 1450. The third-order valence-electron chi connectivity index (χ3n) is 9.19.